The lowest BCUT2D eigenvalue weighted by Gasteiger charge is -2.10. The molecule has 4 nitrogen and oxygen atoms in total. The van der Waals surface area contributed by atoms with E-state index in [1.807, 2.05) is 6.92 Å². The van der Waals surface area contributed by atoms with Gasteiger partial charge in [-0.1, -0.05) is 24.3 Å². The van der Waals surface area contributed by atoms with Gasteiger partial charge in [-0.15, -0.1) is 0 Å². The van der Waals surface area contributed by atoms with Crippen LogP contribution in [-0.2, 0) is 6.61 Å². The molecular weight excluding hydrogens is 243 g/mol. The van der Waals surface area contributed by atoms with Crippen LogP contribution >= 0.6 is 0 Å². The normalized spacial score (nSPS) is 10.3. The number of ether oxygens (including phenoxy) is 1. The molecule has 98 valence electrons. The highest BCUT2D eigenvalue weighted by atomic mass is 16.5. The number of aryl methyl sites for hydroxylation is 1. The van der Waals surface area contributed by atoms with Crippen molar-refractivity contribution in [1.29, 1.82) is 0 Å². The Bertz CT molecular complexity index is 552. The van der Waals surface area contributed by atoms with Crippen LogP contribution in [0.2, 0.25) is 0 Å². The van der Waals surface area contributed by atoms with E-state index in [1.165, 1.54) is 0 Å². The molecule has 0 heterocycles. The molecule has 2 rings (SSSR count). The molecule has 0 aromatic heterocycles. The number of hydrogen-bond acceptors (Lipinski definition) is 4. The lowest BCUT2D eigenvalue weighted by Crippen LogP contribution is -2.29. The van der Waals surface area contributed by atoms with Crippen LogP contribution in [0.4, 0.5) is 0 Å². The molecule has 0 spiro atoms. The average Bonchev–Trinajstić information content (AvgIpc) is 2.39. The van der Waals surface area contributed by atoms with Gasteiger partial charge in [0.05, 0.1) is 0 Å². The first-order chi connectivity index (χ1) is 9.06. The summed E-state index contributed by atoms with van der Waals surface area (Å²) in [6.45, 7) is 2.24. The van der Waals surface area contributed by atoms with E-state index >= 15 is 0 Å². The van der Waals surface area contributed by atoms with Crippen LogP contribution in [0.3, 0.4) is 0 Å². The minimum Gasteiger partial charge on any atom is -0.508 e. The molecule has 0 aliphatic carbocycles. The largest absolute Gasteiger partial charge is 0.508 e. The van der Waals surface area contributed by atoms with Gasteiger partial charge in [-0.25, -0.2) is 0 Å². The summed E-state index contributed by atoms with van der Waals surface area (Å²) in [5.41, 5.74) is 2.22. The quantitative estimate of drug-likeness (QED) is 0.714. The minimum atomic E-state index is -1.47. The first-order valence-corrected chi connectivity index (χ1v) is 5.93. The van der Waals surface area contributed by atoms with Gasteiger partial charge in [-0.3, -0.25) is 0 Å². The monoisotopic (exact) mass is 258 g/mol. The highest BCUT2D eigenvalue weighted by molar-refractivity contribution is 6.58. The molecule has 0 fully saturated rings. The highest BCUT2D eigenvalue weighted by Crippen LogP contribution is 2.18. The smallest absolute Gasteiger partial charge is 0.488 e. The SMILES string of the molecule is Cc1cc(B(O)O)ccc1OCc1ccc(O)cc1. The Morgan fingerprint density at radius 1 is 1.05 bits per heavy atom. The van der Waals surface area contributed by atoms with E-state index in [9.17, 15) is 5.11 Å². The van der Waals surface area contributed by atoms with Gasteiger partial charge in [0.15, 0.2) is 0 Å². The molecule has 3 N–H and O–H groups in total. The third-order valence-electron chi connectivity index (χ3n) is 2.83. The van der Waals surface area contributed by atoms with E-state index in [-0.39, 0.29) is 5.75 Å². The molecule has 0 aliphatic rings. The summed E-state index contributed by atoms with van der Waals surface area (Å²) in [4.78, 5) is 0. The van der Waals surface area contributed by atoms with Crippen molar-refractivity contribution in [3.63, 3.8) is 0 Å². The summed E-state index contributed by atoms with van der Waals surface area (Å²) >= 11 is 0. The lowest BCUT2D eigenvalue weighted by atomic mass is 9.79. The van der Waals surface area contributed by atoms with Gasteiger partial charge >= 0.3 is 7.12 Å². The molecule has 0 bridgehead atoms. The molecular formula is C14H15BO4. The second-order valence-electron chi connectivity index (χ2n) is 4.35. The molecule has 0 aliphatic heterocycles. The van der Waals surface area contributed by atoms with Crippen LogP contribution in [-0.4, -0.2) is 22.3 Å². The van der Waals surface area contributed by atoms with Crippen molar-refractivity contribution in [2.24, 2.45) is 0 Å². The summed E-state index contributed by atoms with van der Waals surface area (Å²) in [6.07, 6.45) is 0. The lowest BCUT2D eigenvalue weighted by molar-refractivity contribution is 0.304. The van der Waals surface area contributed by atoms with Crippen LogP contribution in [0, 0.1) is 6.92 Å². The van der Waals surface area contributed by atoms with Gasteiger partial charge in [-0.05, 0) is 41.7 Å². The topological polar surface area (TPSA) is 69.9 Å². The van der Waals surface area contributed by atoms with Crippen LogP contribution in [0.5, 0.6) is 11.5 Å². The molecule has 0 atom stereocenters. The number of rotatable bonds is 4. The number of phenolic OH excluding ortho intramolecular Hbond substituents is 1. The summed E-state index contributed by atoms with van der Waals surface area (Å²) in [6, 6.07) is 11.8. The van der Waals surface area contributed by atoms with E-state index in [4.69, 9.17) is 14.8 Å². The van der Waals surface area contributed by atoms with Crippen molar-refractivity contribution in [2.75, 3.05) is 0 Å². The van der Waals surface area contributed by atoms with Gasteiger partial charge in [-0.2, -0.15) is 0 Å². The number of hydrogen-bond donors (Lipinski definition) is 3. The number of aromatic hydroxyl groups is 1. The van der Waals surface area contributed by atoms with E-state index < -0.39 is 7.12 Å². The third kappa shape index (κ3) is 3.50. The fraction of sp³-hybridized carbons (Fsp3) is 0.143. The molecule has 2 aromatic carbocycles. The Morgan fingerprint density at radius 3 is 2.32 bits per heavy atom. The second-order valence-corrected chi connectivity index (χ2v) is 4.35. The van der Waals surface area contributed by atoms with Gasteiger partial charge in [0.25, 0.3) is 0 Å². The molecule has 0 radical (unpaired) electrons. The van der Waals surface area contributed by atoms with Gasteiger partial charge in [0.2, 0.25) is 0 Å². The Labute approximate surface area is 112 Å². The van der Waals surface area contributed by atoms with Crippen molar-refractivity contribution < 1.29 is 19.9 Å². The molecule has 0 saturated heterocycles. The zero-order chi connectivity index (χ0) is 13.8. The Morgan fingerprint density at radius 2 is 1.74 bits per heavy atom. The third-order valence-corrected chi connectivity index (χ3v) is 2.83. The number of benzene rings is 2. The van der Waals surface area contributed by atoms with Crippen LogP contribution in [0.25, 0.3) is 0 Å². The summed E-state index contributed by atoms with van der Waals surface area (Å²) in [5, 5.41) is 27.3. The van der Waals surface area contributed by atoms with Crippen LogP contribution in [0.1, 0.15) is 11.1 Å². The minimum absolute atomic E-state index is 0.223. The van der Waals surface area contributed by atoms with Crippen molar-refractivity contribution in [1.82, 2.24) is 0 Å². The van der Waals surface area contributed by atoms with Crippen LogP contribution < -0.4 is 10.2 Å². The number of phenols is 1. The van der Waals surface area contributed by atoms with E-state index in [0.29, 0.717) is 17.8 Å². The molecule has 2 aromatic rings. The predicted octanol–water partition coefficient (Wildman–Crippen LogP) is 0.959. The Balaban J connectivity index is 2.05. The van der Waals surface area contributed by atoms with E-state index in [0.717, 1.165) is 11.1 Å². The van der Waals surface area contributed by atoms with Crippen molar-refractivity contribution in [2.45, 2.75) is 13.5 Å². The van der Waals surface area contributed by atoms with Crippen molar-refractivity contribution >= 4 is 12.6 Å². The summed E-state index contributed by atoms with van der Waals surface area (Å²) < 4.78 is 5.65. The van der Waals surface area contributed by atoms with Crippen LogP contribution in [0.15, 0.2) is 42.5 Å². The fourth-order valence-electron chi connectivity index (χ4n) is 1.75. The molecule has 0 unspecified atom stereocenters. The average molecular weight is 258 g/mol. The van der Waals surface area contributed by atoms with E-state index in [2.05, 4.69) is 0 Å². The Hall–Kier alpha value is -1.98. The molecule has 5 heteroatoms. The molecule has 0 amide bonds. The zero-order valence-corrected chi connectivity index (χ0v) is 10.6. The predicted molar refractivity (Wildman–Crippen MR) is 73.4 cm³/mol. The second kappa shape index (κ2) is 5.78. The fourth-order valence-corrected chi connectivity index (χ4v) is 1.75. The van der Waals surface area contributed by atoms with Gasteiger partial charge in [0, 0.05) is 0 Å². The maximum absolute atomic E-state index is 9.18. The first kappa shape index (κ1) is 13.5. The van der Waals surface area contributed by atoms with Crippen molar-refractivity contribution in [3.05, 3.63) is 53.6 Å². The zero-order valence-electron chi connectivity index (χ0n) is 10.6. The van der Waals surface area contributed by atoms with Crippen molar-refractivity contribution in [3.8, 4) is 11.5 Å². The molecule has 19 heavy (non-hydrogen) atoms. The summed E-state index contributed by atoms with van der Waals surface area (Å²) in [5.74, 6) is 0.915. The molecule has 0 saturated carbocycles. The van der Waals surface area contributed by atoms with E-state index in [1.54, 1.807) is 42.5 Å². The van der Waals surface area contributed by atoms with Gasteiger partial charge < -0.3 is 19.9 Å². The maximum atomic E-state index is 9.18. The van der Waals surface area contributed by atoms with Gasteiger partial charge in [0.1, 0.15) is 18.1 Å². The standard InChI is InChI=1S/C14H15BO4/c1-10-8-12(15(17)18)4-7-14(10)19-9-11-2-5-13(16)6-3-11/h2-8,16-18H,9H2,1H3. The summed E-state index contributed by atoms with van der Waals surface area (Å²) in [7, 11) is -1.47. The first-order valence-electron chi connectivity index (χ1n) is 5.93. The highest BCUT2D eigenvalue weighted by Gasteiger charge is 2.12. The Kier molecular flexibility index (Phi) is 4.09. The maximum Gasteiger partial charge on any atom is 0.488 e.